The van der Waals surface area contributed by atoms with Crippen LogP contribution in [0, 0.1) is 6.92 Å². The van der Waals surface area contributed by atoms with Crippen molar-refractivity contribution in [2.45, 2.75) is 52.4 Å². The van der Waals surface area contributed by atoms with Gasteiger partial charge in [0.25, 0.3) is 0 Å². The fourth-order valence-electron chi connectivity index (χ4n) is 3.30. The highest BCUT2D eigenvalue weighted by Crippen LogP contribution is 2.33. The first-order valence-electron chi connectivity index (χ1n) is 10.8. The Hall–Kier alpha value is -2.05. The molecule has 1 N–H and O–H groups in total. The van der Waals surface area contributed by atoms with Crippen LogP contribution in [0.3, 0.4) is 0 Å². The second kappa shape index (κ2) is 12.1. The minimum absolute atomic E-state index is 0.624. The number of aromatic nitrogens is 1. The molecule has 4 nitrogen and oxygen atoms in total. The average Bonchev–Trinajstić information content (AvgIpc) is 2.76. The molecule has 0 aliphatic carbocycles. The summed E-state index contributed by atoms with van der Waals surface area (Å²) in [6, 6.07) is 16.2. The summed E-state index contributed by atoms with van der Waals surface area (Å²) < 4.78 is 1.93. The zero-order chi connectivity index (χ0) is 22.1. The smallest absolute Gasteiger partial charge is 0.173 e. The fourth-order valence-corrected chi connectivity index (χ4v) is 4.82. The van der Waals surface area contributed by atoms with Crippen LogP contribution < -0.4 is 5.43 Å². The van der Waals surface area contributed by atoms with Crippen LogP contribution in [0.15, 0.2) is 67.6 Å². The van der Waals surface area contributed by atoms with Crippen molar-refractivity contribution in [3.05, 3.63) is 68.7 Å². The number of benzene rings is 2. The van der Waals surface area contributed by atoms with Gasteiger partial charge in [-0.1, -0.05) is 72.8 Å². The first kappa shape index (κ1) is 23.6. The number of rotatable bonds is 9. The largest absolute Gasteiger partial charge is 0.260 e. The number of nitrogens with zero attached hydrogens (tertiary/aromatic N) is 3. The molecular formula is C25H28Br2N4. The summed E-state index contributed by atoms with van der Waals surface area (Å²) in [6.07, 6.45) is 9.16. The minimum atomic E-state index is 0.624. The number of aryl methyl sites for hydroxylation is 1. The van der Waals surface area contributed by atoms with E-state index in [2.05, 4.69) is 67.5 Å². The van der Waals surface area contributed by atoms with Gasteiger partial charge in [-0.2, -0.15) is 5.10 Å². The summed E-state index contributed by atoms with van der Waals surface area (Å²) in [5, 5.41) is 5.55. The highest BCUT2D eigenvalue weighted by atomic mass is 79.9. The quantitative estimate of drug-likeness (QED) is 0.128. The third-order valence-corrected chi connectivity index (χ3v) is 6.04. The Kier molecular flexibility index (Phi) is 9.22. The van der Waals surface area contributed by atoms with Crippen molar-refractivity contribution in [2.75, 3.05) is 0 Å². The van der Waals surface area contributed by atoms with Crippen LogP contribution in [-0.2, 0) is 0 Å². The van der Waals surface area contributed by atoms with Gasteiger partial charge in [0.05, 0.1) is 11.2 Å². The van der Waals surface area contributed by atoms with Gasteiger partial charge in [-0.15, -0.1) is 0 Å². The van der Waals surface area contributed by atoms with Crippen molar-refractivity contribution in [3.63, 3.8) is 0 Å². The Bertz CT molecular complexity index is 1050. The van der Waals surface area contributed by atoms with Gasteiger partial charge in [0.2, 0.25) is 0 Å². The number of aliphatic imine (C=N–C) groups is 1. The molecule has 0 aliphatic heterocycles. The molecule has 2 aromatic carbocycles. The molecule has 3 aromatic rings. The summed E-state index contributed by atoms with van der Waals surface area (Å²) in [7, 11) is 0. The lowest BCUT2D eigenvalue weighted by molar-refractivity contribution is 0.644. The molecule has 0 unspecified atom stereocenters. The molecule has 0 saturated heterocycles. The molecule has 0 bridgehead atoms. The normalized spacial score (nSPS) is 12.1. The Morgan fingerprint density at radius 1 is 1.03 bits per heavy atom. The fraction of sp³-hybridized carbons (Fsp3) is 0.320. The SMILES string of the molecule is CCCCCCC/C=N/NC(=Nc1c(C)cc(Br)cc1Br)c1ccc2ccccc2n1. The second-order valence-corrected chi connectivity index (χ2v) is 9.30. The van der Waals surface area contributed by atoms with Crippen LogP contribution in [-0.4, -0.2) is 17.0 Å². The number of unbranched alkanes of at least 4 members (excludes halogenated alkanes) is 5. The highest BCUT2D eigenvalue weighted by molar-refractivity contribution is 9.11. The zero-order valence-corrected chi connectivity index (χ0v) is 21.2. The molecule has 0 amide bonds. The van der Waals surface area contributed by atoms with Crippen molar-refractivity contribution < 1.29 is 0 Å². The number of fused-ring (bicyclic) bond motifs is 1. The van der Waals surface area contributed by atoms with Gasteiger partial charge >= 0.3 is 0 Å². The van der Waals surface area contributed by atoms with E-state index in [9.17, 15) is 0 Å². The molecule has 3 rings (SSSR count). The molecule has 1 heterocycles. The highest BCUT2D eigenvalue weighted by Gasteiger charge is 2.10. The lowest BCUT2D eigenvalue weighted by Gasteiger charge is -2.10. The Balaban J connectivity index is 1.85. The predicted molar refractivity (Wildman–Crippen MR) is 140 cm³/mol. The first-order valence-corrected chi connectivity index (χ1v) is 12.3. The molecule has 31 heavy (non-hydrogen) atoms. The summed E-state index contributed by atoms with van der Waals surface area (Å²) >= 11 is 7.18. The zero-order valence-electron chi connectivity index (χ0n) is 18.0. The minimum Gasteiger partial charge on any atom is -0.260 e. The topological polar surface area (TPSA) is 49.6 Å². The van der Waals surface area contributed by atoms with Gasteiger partial charge in [-0.05, 0) is 65.5 Å². The van der Waals surface area contributed by atoms with Crippen LogP contribution in [0.2, 0.25) is 0 Å². The lowest BCUT2D eigenvalue weighted by Crippen LogP contribution is -2.20. The number of hydrogen-bond donors (Lipinski definition) is 1. The standard InChI is InChI=1S/C25H28Br2N4/c1-3-4-5-6-7-10-15-28-31-25(30-24-18(2)16-20(26)17-21(24)27)23-14-13-19-11-8-9-12-22(19)29-23/h8-9,11-17H,3-7,10H2,1-2H3,(H,30,31)/b28-15+. The molecule has 6 heteroatoms. The van der Waals surface area contributed by atoms with E-state index < -0.39 is 0 Å². The number of hydrazone groups is 1. The van der Waals surface area contributed by atoms with Crippen LogP contribution in [0.1, 0.15) is 56.7 Å². The van der Waals surface area contributed by atoms with Crippen LogP contribution in [0.25, 0.3) is 10.9 Å². The number of hydrogen-bond acceptors (Lipinski definition) is 3. The summed E-state index contributed by atoms with van der Waals surface area (Å²) in [5.74, 6) is 0.624. The predicted octanol–water partition coefficient (Wildman–Crippen LogP) is 8.08. The van der Waals surface area contributed by atoms with Crippen LogP contribution >= 0.6 is 31.9 Å². The summed E-state index contributed by atoms with van der Waals surface area (Å²) in [5.41, 5.74) is 6.75. The maximum Gasteiger partial charge on any atom is 0.173 e. The van der Waals surface area contributed by atoms with Gasteiger partial charge in [-0.25, -0.2) is 9.98 Å². The number of pyridine rings is 1. The molecule has 0 aliphatic rings. The Morgan fingerprint density at radius 3 is 2.65 bits per heavy atom. The number of amidine groups is 1. The van der Waals surface area contributed by atoms with E-state index in [1.807, 2.05) is 43.5 Å². The number of halogens is 2. The van der Waals surface area contributed by atoms with Crippen LogP contribution in [0.5, 0.6) is 0 Å². The van der Waals surface area contributed by atoms with E-state index in [1.54, 1.807) is 0 Å². The van der Waals surface area contributed by atoms with Gasteiger partial charge in [0.1, 0.15) is 5.69 Å². The molecule has 0 spiro atoms. The first-order chi connectivity index (χ1) is 15.1. The van der Waals surface area contributed by atoms with E-state index in [4.69, 9.17) is 9.98 Å². The maximum atomic E-state index is 4.90. The third-order valence-electron chi connectivity index (χ3n) is 4.98. The Labute approximate surface area is 201 Å². The molecule has 0 saturated carbocycles. The molecule has 0 atom stereocenters. The molecule has 0 radical (unpaired) electrons. The van der Waals surface area contributed by atoms with Crippen molar-refractivity contribution in [2.24, 2.45) is 10.1 Å². The summed E-state index contributed by atoms with van der Waals surface area (Å²) in [6.45, 7) is 4.28. The lowest BCUT2D eigenvalue weighted by atomic mass is 10.1. The van der Waals surface area contributed by atoms with E-state index in [-0.39, 0.29) is 0 Å². The van der Waals surface area contributed by atoms with E-state index >= 15 is 0 Å². The van der Waals surface area contributed by atoms with Crippen molar-refractivity contribution in [1.29, 1.82) is 0 Å². The van der Waals surface area contributed by atoms with Crippen molar-refractivity contribution >= 4 is 60.5 Å². The number of para-hydroxylation sites is 1. The molecule has 0 fully saturated rings. The molecule has 162 valence electrons. The average molecular weight is 544 g/mol. The van der Waals surface area contributed by atoms with Gasteiger partial charge in [0.15, 0.2) is 5.84 Å². The maximum absolute atomic E-state index is 4.90. The number of nitrogens with one attached hydrogen (secondary N) is 1. The van der Waals surface area contributed by atoms with Crippen molar-refractivity contribution in [3.8, 4) is 0 Å². The van der Waals surface area contributed by atoms with Crippen LogP contribution in [0.4, 0.5) is 5.69 Å². The van der Waals surface area contributed by atoms with Crippen molar-refractivity contribution in [1.82, 2.24) is 10.4 Å². The monoisotopic (exact) mass is 542 g/mol. The molecular weight excluding hydrogens is 516 g/mol. The van der Waals surface area contributed by atoms with E-state index in [0.29, 0.717) is 5.84 Å². The van der Waals surface area contributed by atoms with E-state index in [1.165, 1.54) is 25.7 Å². The third kappa shape index (κ3) is 6.97. The van der Waals surface area contributed by atoms with Gasteiger partial charge in [0, 0.05) is 20.5 Å². The molecule has 1 aromatic heterocycles. The van der Waals surface area contributed by atoms with E-state index in [0.717, 1.165) is 49.6 Å². The summed E-state index contributed by atoms with van der Waals surface area (Å²) in [4.78, 5) is 9.70. The Morgan fingerprint density at radius 2 is 1.84 bits per heavy atom. The van der Waals surface area contributed by atoms with Gasteiger partial charge < -0.3 is 0 Å². The van der Waals surface area contributed by atoms with Gasteiger partial charge in [-0.3, -0.25) is 5.43 Å². The second-order valence-electron chi connectivity index (χ2n) is 7.53.